The lowest BCUT2D eigenvalue weighted by atomic mass is 9.89. The second-order valence-electron chi connectivity index (χ2n) is 6.56. The lowest BCUT2D eigenvalue weighted by molar-refractivity contribution is 0.0792. The molecule has 1 nitrogen and oxygen atoms in total. The summed E-state index contributed by atoms with van der Waals surface area (Å²) in [5.41, 5.74) is 2.00. The van der Waals surface area contributed by atoms with Crippen molar-refractivity contribution in [2.75, 3.05) is 0 Å². The molecule has 1 N–H and O–H groups in total. The van der Waals surface area contributed by atoms with Crippen LogP contribution < -0.4 is 0 Å². The fourth-order valence-electron chi connectivity index (χ4n) is 2.97. The number of aliphatic hydroxyl groups is 1. The van der Waals surface area contributed by atoms with E-state index in [2.05, 4.69) is 42.5 Å². The van der Waals surface area contributed by atoms with Crippen molar-refractivity contribution < 1.29 is 5.11 Å². The lowest BCUT2D eigenvalue weighted by Crippen LogP contribution is -2.16. The quantitative estimate of drug-likeness (QED) is 0.408. The lowest BCUT2D eigenvalue weighted by Gasteiger charge is -2.23. The Kier molecular flexibility index (Phi) is 4.37. The summed E-state index contributed by atoms with van der Waals surface area (Å²) < 4.78 is 0. The third-order valence-electron chi connectivity index (χ3n) is 4.18. The van der Waals surface area contributed by atoms with Crippen LogP contribution in [0.2, 0.25) is 5.02 Å². The SMILES string of the molecule is CC(C)(O)c1cc(Cl)ccc1-c1ccc2c(c1)Sc1ccccc1S2. The number of halogens is 1. The van der Waals surface area contributed by atoms with Crippen molar-refractivity contribution in [2.24, 2.45) is 0 Å². The highest BCUT2D eigenvalue weighted by atomic mass is 35.5. The van der Waals surface area contributed by atoms with Crippen LogP contribution in [0.3, 0.4) is 0 Å². The molecule has 0 atom stereocenters. The second-order valence-corrected chi connectivity index (χ2v) is 9.17. The molecule has 0 saturated carbocycles. The van der Waals surface area contributed by atoms with Crippen molar-refractivity contribution in [1.29, 1.82) is 0 Å². The van der Waals surface area contributed by atoms with E-state index >= 15 is 0 Å². The average Bonchev–Trinajstić information content (AvgIpc) is 2.58. The molecule has 1 heterocycles. The molecule has 0 spiro atoms. The van der Waals surface area contributed by atoms with Crippen LogP contribution in [-0.2, 0) is 5.60 Å². The second kappa shape index (κ2) is 6.40. The van der Waals surface area contributed by atoms with Crippen molar-refractivity contribution in [3.8, 4) is 11.1 Å². The van der Waals surface area contributed by atoms with E-state index in [4.69, 9.17) is 11.6 Å². The highest BCUT2D eigenvalue weighted by Gasteiger charge is 2.23. The molecular weight excluding hydrogens is 368 g/mol. The maximum Gasteiger partial charge on any atom is 0.0847 e. The summed E-state index contributed by atoms with van der Waals surface area (Å²) in [6, 6.07) is 20.7. The molecule has 1 aliphatic rings. The largest absolute Gasteiger partial charge is 0.386 e. The molecule has 3 aromatic rings. The zero-order valence-electron chi connectivity index (χ0n) is 13.9. The predicted octanol–water partition coefficient (Wildman–Crippen LogP) is 6.85. The molecule has 126 valence electrons. The topological polar surface area (TPSA) is 20.2 Å². The fraction of sp³-hybridized carbons (Fsp3) is 0.143. The highest BCUT2D eigenvalue weighted by molar-refractivity contribution is 8.05. The van der Waals surface area contributed by atoms with Crippen LogP contribution in [0.25, 0.3) is 11.1 Å². The summed E-state index contributed by atoms with van der Waals surface area (Å²) >= 11 is 9.77. The summed E-state index contributed by atoms with van der Waals surface area (Å²) in [4.78, 5) is 5.11. The van der Waals surface area contributed by atoms with Crippen LogP contribution >= 0.6 is 35.1 Å². The predicted molar refractivity (Wildman–Crippen MR) is 107 cm³/mol. The Bertz CT molecular complexity index is 960. The van der Waals surface area contributed by atoms with Gasteiger partial charge in [-0.1, -0.05) is 59.4 Å². The summed E-state index contributed by atoms with van der Waals surface area (Å²) in [6.45, 7) is 3.59. The Balaban J connectivity index is 1.80. The first-order chi connectivity index (χ1) is 11.9. The average molecular weight is 385 g/mol. The van der Waals surface area contributed by atoms with E-state index in [1.807, 2.05) is 30.0 Å². The molecule has 0 radical (unpaired) electrons. The van der Waals surface area contributed by atoms with Crippen molar-refractivity contribution in [2.45, 2.75) is 39.0 Å². The molecule has 0 amide bonds. The van der Waals surface area contributed by atoms with Crippen LogP contribution in [0.4, 0.5) is 0 Å². The van der Waals surface area contributed by atoms with Gasteiger partial charge in [0.1, 0.15) is 0 Å². The summed E-state index contributed by atoms with van der Waals surface area (Å²) in [5.74, 6) is 0. The Labute approximate surface area is 161 Å². The van der Waals surface area contributed by atoms with E-state index in [0.717, 1.165) is 16.7 Å². The molecule has 0 unspecified atom stereocenters. The third kappa shape index (κ3) is 3.34. The van der Waals surface area contributed by atoms with Gasteiger partial charge in [-0.25, -0.2) is 0 Å². The van der Waals surface area contributed by atoms with Crippen LogP contribution in [0.5, 0.6) is 0 Å². The Morgan fingerprint density at radius 1 is 0.800 bits per heavy atom. The standard InChI is InChI=1S/C21H17ClOS2/c1-21(2,23)16-12-14(22)8-9-15(16)13-7-10-19-20(11-13)25-18-6-4-3-5-17(18)24-19/h3-12,23H,1-2H3. The van der Waals surface area contributed by atoms with Gasteiger partial charge in [0, 0.05) is 24.6 Å². The monoisotopic (exact) mass is 384 g/mol. The molecule has 0 aliphatic carbocycles. The summed E-state index contributed by atoms with van der Waals surface area (Å²) in [5, 5.41) is 11.2. The maximum atomic E-state index is 10.6. The minimum absolute atomic E-state index is 0.637. The zero-order valence-corrected chi connectivity index (χ0v) is 16.3. The molecule has 3 aromatic carbocycles. The van der Waals surface area contributed by atoms with Crippen LogP contribution in [0.15, 0.2) is 80.2 Å². The Hall–Kier alpha value is -1.39. The number of benzene rings is 3. The first kappa shape index (κ1) is 17.0. The van der Waals surface area contributed by atoms with Crippen molar-refractivity contribution in [3.05, 3.63) is 71.2 Å². The van der Waals surface area contributed by atoms with E-state index in [1.165, 1.54) is 19.6 Å². The van der Waals surface area contributed by atoms with Gasteiger partial charge in [-0.05, 0) is 66.9 Å². The molecule has 25 heavy (non-hydrogen) atoms. The van der Waals surface area contributed by atoms with E-state index in [-0.39, 0.29) is 0 Å². The third-order valence-corrected chi connectivity index (χ3v) is 6.96. The van der Waals surface area contributed by atoms with Gasteiger partial charge in [0.05, 0.1) is 5.60 Å². The summed E-state index contributed by atoms with van der Waals surface area (Å²) in [7, 11) is 0. The minimum Gasteiger partial charge on any atom is -0.386 e. The number of hydrogen-bond donors (Lipinski definition) is 1. The van der Waals surface area contributed by atoms with Gasteiger partial charge in [0.15, 0.2) is 0 Å². The molecule has 4 heteroatoms. The van der Waals surface area contributed by atoms with Gasteiger partial charge in [-0.3, -0.25) is 0 Å². The van der Waals surface area contributed by atoms with Gasteiger partial charge in [0.25, 0.3) is 0 Å². The Morgan fingerprint density at radius 3 is 2.12 bits per heavy atom. The molecule has 0 bridgehead atoms. The smallest absolute Gasteiger partial charge is 0.0847 e. The molecule has 0 saturated heterocycles. The van der Waals surface area contributed by atoms with Crippen molar-refractivity contribution >= 4 is 35.1 Å². The molecule has 0 aromatic heterocycles. The Morgan fingerprint density at radius 2 is 1.44 bits per heavy atom. The minimum atomic E-state index is -0.954. The number of rotatable bonds is 2. The van der Waals surface area contributed by atoms with Gasteiger partial charge in [-0.2, -0.15) is 0 Å². The van der Waals surface area contributed by atoms with E-state index in [1.54, 1.807) is 25.6 Å². The molecule has 0 fully saturated rings. The number of fused-ring (bicyclic) bond motifs is 2. The van der Waals surface area contributed by atoms with Crippen LogP contribution in [0, 0.1) is 0 Å². The zero-order chi connectivity index (χ0) is 17.6. The first-order valence-corrected chi connectivity index (χ1v) is 10.0. The van der Waals surface area contributed by atoms with Crippen LogP contribution in [-0.4, -0.2) is 5.11 Å². The van der Waals surface area contributed by atoms with E-state index < -0.39 is 5.60 Å². The van der Waals surface area contributed by atoms with Gasteiger partial charge in [0.2, 0.25) is 0 Å². The van der Waals surface area contributed by atoms with Gasteiger partial charge >= 0.3 is 0 Å². The van der Waals surface area contributed by atoms with Crippen molar-refractivity contribution in [3.63, 3.8) is 0 Å². The van der Waals surface area contributed by atoms with Crippen LogP contribution in [0.1, 0.15) is 19.4 Å². The van der Waals surface area contributed by atoms with Gasteiger partial charge < -0.3 is 5.11 Å². The normalized spacial score (nSPS) is 13.3. The maximum absolute atomic E-state index is 10.6. The molecule has 1 aliphatic heterocycles. The molecular formula is C21H17ClOS2. The summed E-state index contributed by atoms with van der Waals surface area (Å²) in [6.07, 6.45) is 0. The molecule has 4 rings (SSSR count). The van der Waals surface area contributed by atoms with E-state index in [0.29, 0.717) is 5.02 Å². The van der Waals surface area contributed by atoms with Gasteiger partial charge in [-0.15, -0.1) is 0 Å². The van der Waals surface area contributed by atoms with E-state index in [9.17, 15) is 5.11 Å². The number of hydrogen-bond acceptors (Lipinski definition) is 3. The fourth-order valence-corrected chi connectivity index (χ4v) is 5.40. The first-order valence-electron chi connectivity index (χ1n) is 8.03. The highest BCUT2D eigenvalue weighted by Crippen LogP contribution is 2.49. The van der Waals surface area contributed by atoms with Crippen molar-refractivity contribution in [1.82, 2.24) is 0 Å².